The number of aliphatic imine (C=N–C) groups is 1. The van der Waals surface area contributed by atoms with Gasteiger partial charge in [0.25, 0.3) is 0 Å². The van der Waals surface area contributed by atoms with Crippen molar-refractivity contribution in [1.82, 2.24) is 20.8 Å². The van der Waals surface area contributed by atoms with Crippen LogP contribution in [0.1, 0.15) is 50.0 Å². The van der Waals surface area contributed by atoms with Crippen LogP contribution in [-0.4, -0.2) is 29.7 Å². The fraction of sp³-hybridized carbons (Fsp3) is 0.471. The van der Waals surface area contributed by atoms with E-state index in [1.165, 1.54) is 0 Å². The summed E-state index contributed by atoms with van der Waals surface area (Å²) in [6.45, 7) is 6.81. The van der Waals surface area contributed by atoms with Gasteiger partial charge < -0.3 is 15.2 Å². The second-order valence-corrected chi connectivity index (χ2v) is 6.30. The normalized spacial score (nSPS) is 13.2. The van der Waals surface area contributed by atoms with E-state index in [9.17, 15) is 0 Å². The highest BCUT2D eigenvalue weighted by Crippen LogP contribution is 2.15. The van der Waals surface area contributed by atoms with Gasteiger partial charge in [0.05, 0.1) is 6.04 Å². The summed E-state index contributed by atoms with van der Waals surface area (Å²) in [6, 6.07) is 7.88. The Morgan fingerprint density at radius 2 is 1.96 bits per heavy atom. The molecule has 2 aromatic rings. The van der Waals surface area contributed by atoms with E-state index in [1.807, 2.05) is 38.1 Å². The van der Waals surface area contributed by atoms with Crippen molar-refractivity contribution in [2.45, 2.75) is 39.2 Å². The first kappa shape index (κ1) is 18.3. The third kappa shape index (κ3) is 5.23. The van der Waals surface area contributed by atoms with Gasteiger partial charge >= 0.3 is 0 Å². The number of nitrogens with one attached hydrogen (secondary N) is 2. The van der Waals surface area contributed by atoms with Crippen molar-refractivity contribution in [2.24, 2.45) is 4.99 Å². The Morgan fingerprint density at radius 1 is 1.25 bits per heavy atom. The molecule has 130 valence electrons. The van der Waals surface area contributed by atoms with Crippen molar-refractivity contribution in [3.63, 3.8) is 0 Å². The lowest BCUT2D eigenvalue weighted by Gasteiger charge is -2.18. The van der Waals surface area contributed by atoms with Crippen LogP contribution in [0.15, 0.2) is 33.8 Å². The predicted molar refractivity (Wildman–Crippen MR) is 96.5 cm³/mol. The highest BCUT2D eigenvalue weighted by molar-refractivity contribution is 6.30. The first-order valence-corrected chi connectivity index (χ1v) is 8.42. The summed E-state index contributed by atoms with van der Waals surface area (Å²) >= 11 is 5.92. The maximum absolute atomic E-state index is 5.92. The van der Waals surface area contributed by atoms with Gasteiger partial charge in [-0.2, -0.15) is 4.98 Å². The van der Waals surface area contributed by atoms with Crippen LogP contribution in [0.25, 0.3) is 0 Å². The van der Waals surface area contributed by atoms with Gasteiger partial charge in [-0.25, -0.2) is 0 Å². The highest BCUT2D eigenvalue weighted by Gasteiger charge is 2.10. The van der Waals surface area contributed by atoms with Crippen molar-refractivity contribution in [3.8, 4) is 0 Å². The van der Waals surface area contributed by atoms with Gasteiger partial charge in [-0.3, -0.25) is 4.99 Å². The van der Waals surface area contributed by atoms with Crippen LogP contribution in [0.4, 0.5) is 0 Å². The Balaban J connectivity index is 1.82. The number of hydrogen-bond donors (Lipinski definition) is 2. The van der Waals surface area contributed by atoms with E-state index in [0.29, 0.717) is 18.9 Å². The molecule has 1 aromatic carbocycles. The summed E-state index contributed by atoms with van der Waals surface area (Å²) in [7, 11) is 1.74. The van der Waals surface area contributed by atoms with E-state index < -0.39 is 0 Å². The minimum atomic E-state index is 0.115. The zero-order chi connectivity index (χ0) is 17.5. The molecule has 2 rings (SSSR count). The molecule has 0 aliphatic heterocycles. The van der Waals surface area contributed by atoms with Gasteiger partial charge in [-0.1, -0.05) is 42.7 Å². The maximum atomic E-state index is 5.92. The molecule has 24 heavy (non-hydrogen) atoms. The molecule has 0 radical (unpaired) electrons. The van der Waals surface area contributed by atoms with Crippen molar-refractivity contribution >= 4 is 17.6 Å². The number of hydrogen-bond acceptors (Lipinski definition) is 4. The van der Waals surface area contributed by atoms with Gasteiger partial charge in [-0.05, 0) is 24.6 Å². The average Bonchev–Trinajstić information content (AvgIpc) is 3.03. The molecule has 6 nitrogen and oxygen atoms in total. The molecule has 0 spiro atoms. The molecule has 0 saturated heterocycles. The molecule has 1 atom stereocenters. The second-order valence-electron chi connectivity index (χ2n) is 5.87. The molecule has 0 saturated carbocycles. The quantitative estimate of drug-likeness (QED) is 0.618. The molecular formula is C17H24ClN5O. The second kappa shape index (κ2) is 8.68. The molecule has 0 aliphatic carbocycles. The number of halogens is 1. The molecule has 0 fully saturated rings. The first-order valence-electron chi connectivity index (χ1n) is 8.04. The number of aromatic nitrogens is 2. The Labute approximate surface area is 147 Å². The SMILES string of the molecule is CN=C(NCCc1nc(C(C)C)no1)NC(C)c1ccc(Cl)cc1. The summed E-state index contributed by atoms with van der Waals surface area (Å²) in [5.74, 6) is 2.36. The maximum Gasteiger partial charge on any atom is 0.228 e. The Morgan fingerprint density at radius 3 is 2.54 bits per heavy atom. The Kier molecular flexibility index (Phi) is 6.61. The minimum absolute atomic E-state index is 0.115. The lowest BCUT2D eigenvalue weighted by molar-refractivity contribution is 0.371. The van der Waals surface area contributed by atoms with Gasteiger partial charge in [0.1, 0.15) is 0 Å². The van der Waals surface area contributed by atoms with Crippen molar-refractivity contribution in [3.05, 3.63) is 46.6 Å². The van der Waals surface area contributed by atoms with E-state index >= 15 is 0 Å². The van der Waals surface area contributed by atoms with E-state index in [4.69, 9.17) is 16.1 Å². The third-order valence-corrected chi connectivity index (χ3v) is 3.83. The average molecular weight is 350 g/mol. The van der Waals surface area contributed by atoms with Gasteiger partial charge in [-0.15, -0.1) is 0 Å². The minimum Gasteiger partial charge on any atom is -0.356 e. The van der Waals surface area contributed by atoms with Crippen LogP contribution in [0.3, 0.4) is 0 Å². The van der Waals surface area contributed by atoms with Crippen LogP contribution in [-0.2, 0) is 6.42 Å². The summed E-state index contributed by atoms with van der Waals surface area (Å²) in [6.07, 6.45) is 0.649. The lowest BCUT2D eigenvalue weighted by Crippen LogP contribution is -2.39. The molecule has 0 amide bonds. The van der Waals surface area contributed by atoms with Crippen LogP contribution >= 0.6 is 11.6 Å². The van der Waals surface area contributed by atoms with Crippen molar-refractivity contribution < 1.29 is 4.52 Å². The molecule has 7 heteroatoms. The predicted octanol–water partition coefficient (Wildman–Crippen LogP) is 3.32. The van der Waals surface area contributed by atoms with Gasteiger partial charge in [0, 0.05) is 31.0 Å². The lowest BCUT2D eigenvalue weighted by atomic mass is 10.1. The standard InChI is InChI=1S/C17H24ClN5O/c1-11(2)16-22-15(24-23-16)9-10-20-17(19-4)21-12(3)13-5-7-14(18)8-6-13/h5-8,11-12H,9-10H2,1-4H3,(H2,19,20,21). The molecule has 1 aromatic heterocycles. The molecule has 0 aliphatic rings. The Hall–Kier alpha value is -2.08. The number of guanidine groups is 1. The molecule has 1 unspecified atom stereocenters. The fourth-order valence-corrected chi connectivity index (χ4v) is 2.25. The molecule has 2 N–H and O–H groups in total. The van der Waals surface area contributed by atoms with E-state index in [1.54, 1.807) is 7.05 Å². The monoisotopic (exact) mass is 349 g/mol. The fourth-order valence-electron chi connectivity index (χ4n) is 2.13. The van der Waals surface area contributed by atoms with Crippen LogP contribution < -0.4 is 10.6 Å². The van der Waals surface area contributed by atoms with Crippen LogP contribution in [0.2, 0.25) is 5.02 Å². The summed E-state index contributed by atoms with van der Waals surface area (Å²) < 4.78 is 5.23. The number of rotatable bonds is 6. The van der Waals surface area contributed by atoms with Gasteiger partial charge in [0.15, 0.2) is 11.8 Å². The van der Waals surface area contributed by atoms with E-state index in [-0.39, 0.29) is 12.0 Å². The molecule has 0 bridgehead atoms. The summed E-state index contributed by atoms with van der Waals surface area (Å²) in [5, 5.41) is 11.3. The zero-order valence-corrected chi connectivity index (χ0v) is 15.3. The summed E-state index contributed by atoms with van der Waals surface area (Å²) in [5.41, 5.74) is 1.14. The van der Waals surface area contributed by atoms with Gasteiger partial charge in [0.2, 0.25) is 5.89 Å². The summed E-state index contributed by atoms with van der Waals surface area (Å²) in [4.78, 5) is 8.60. The zero-order valence-electron chi connectivity index (χ0n) is 14.5. The van der Waals surface area contributed by atoms with Crippen LogP contribution in [0, 0.1) is 0 Å². The topological polar surface area (TPSA) is 75.3 Å². The number of benzene rings is 1. The highest BCUT2D eigenvalue weighted by atomic mass is 35.5. The van der Waals surface area contributed by atoms with Crippen LogP contribution in [0.5, 0.6) is 0 Å². The smallest absolute Gasteiger partial charge is 0.228 e. The van der Waals surface area contributed by atoms with Crippen molar-refractivity contribution in [1.29, 1.82) is 0 Å². The Bertz CT molecular complexity index is 666. The number of nitrogens with zero attached hydrogens (tertiary/aromatic N) is 3. The van der Waals surface area contributed by atoms with Crippen molar-refractivity contribution in [2.75, 3.05) is 13.6 Å². The van der Waals surface area contributed by atoms with E-state index in [2.05, 4.69) is 32.7 Å². The molecule has 1 heterocycles. The largest absolute Gasteiger partial charge is 0.356 e. The third-order valence-electron chi connectivity index (χ3n) is 3.58. The van der Waals surface area contributed by atoms with E-state index in [0.717, 1.165) is 22.4 Å². The molecular weight excluding hydrogens is 326 g/mol. The first-order chi connectivity index (χ1) is 11.5.